The molecule has 2 aromatic heterocycles. The van der Waals surface area contributed by atoms with Crippen molar-refractivity contribution in [2.75, 3.05) is 6.61 Å². The maximum absolute atomic E-state index is 12.2. The zero-order chi connectivity index (χ0) is 15.5. The number of rotatable bonds is 5. The number of aliphatic hydroxyl groups excluding tert-OH is 1. The van der Waals surface area contributed by atoms with E-state index in [2.05, 4.69) is 20.9 Å². The maximum Gasteiger partial charge on any atom is 0.262 e. The average Bonchev–Trinajstić information content (AvgIpc) is 2.99. The third-order valence-electron chi connectivity index (χ3n) is 3.11. The van der Waals surface area contributed by atoms with Crippen molar-refractivity contribution in [1.29, 1.82) is 0 Å². The summed E-state index contributed by atoms with van der Waals surface area (Å²) in [6, 6.07) is 9.09. The van der Waals surface area contributed by atoms with Gasteiger partial charge in [-0.2, -0.15) is 0 Å². The molecule has 0 aliphatic carbocycles. The van der Waals surface area contributed by atoms with Crippen LogP contribution >= 0.6 is 27.3 Å². The molecule has 0 bridgehead atoms. The minimum Gasteiger partial charge on any atom is -0.491 e. The van der Waals surface area contributed by atoms with Crippen LogP contribution in [0.3, 0.4) is 0 Å². The fraction of sp³-hybridized carbons (Fsp3) is 0.200. The number of aromatic nitrogens is 2. The van der Waals surface area contributed by atoms with E-state index in [9.17, 15) is 9.90 Å². The number of benzene rings is 1. The van der Waals surface area contributed by atoms with E-state index in [1.165, 1.54) is 22.2 Å². The van der Waals surface area contributed by atoms with Crippen molar-refractivity contribution in [3.05, 3.63) is 56.9 Å². The van der Waals surface area contributed by atoms with Crippen LogP contribution in [-0.4, -0.2) is 27.4 Å². The molecule has 0 amide bonds. The van der Waals surface area contributed by atoms with Crippen molar-refractivity contribution in [3.63, 3.8) is 0 Å². The van der Waals surface area contributed by atoms with Crippen LogP contribution in [-0.2, 0) is 6.54 Å². The molecule has 0 unspecified atom stereocenters. The quantitative estimate of drug-likeness (QED) is 0.738. The van der Waals surface area contributed by atoms with Gasteiger partial charge in [-0.3, -0.25) is 9.36 Å². The first-order chi connectivity index (χ1) is 10.6. The second kappa shape index (κ2) is 6.60. The molecule has 1 aromatic carbocycles. The Morgan fingerprint density at radius 3 is 2.86 bits per heavy atom. The van der Waals surface area contributed by atoms with Crippen molar-refractivity contribution < 1.29 is 9.84 Å². The molecular formula is C15H13BrN2O3S. The van der Waals surface area contributed by atoms with Crippen LogP contribution in [0.1, 0.15) is 0 Å². The first-order valence-corrected chi connectivity index (χ1v) is 8.30. The maximum atomic E-state index is 12.2. The largest absolute Gasteiger partial charge is 0.491 e. The van der Waals surface area contributed by atoms with Crippen molar-refractivity contribution >= 4 is 37.5 Å². The predicted molar refractivity (Wildman–Crippen MR) is 89.5 cm³/mol. The molecule has 1 N–H and O–H groups in total. The Labute approximate surface area is 138 Å². The molecule has 22 heavy (non-hydrogen) atoms. The molecule has 114 valence electrons. The molecule has 3 aromatic rings. The summed E-state index contributed by atoms with van der Waals surface area (Å²) >= 11 is 4.77. The predicted octanol–water partition coefficient (Wildman–Crippen LogP) is 2.66. The summed E-state index contributed by atoms with van der Waals surface area (Å²) in [6.07, 6.45) is 0.670. The second-order valence-electron chi connectivity index (χ2n) is 4.76. The SMILES string of the molecule is O=c1c2ccsc2ncn1C[C@H](O)COc1ccc(Br)cc1. The van der Waals surface area contributed by atoms with Crippen LogP contribution in [0.15, 0.2) is 51.3 Å². The number of hydrogen-bond donors (Lipinski definition) is 1. The Bertz CT molecular complexity index is 829. The molecule has 0 fully saturated rings. The van der Waals surface area contributed by atoms with Crippen molar-refractivity contribution in [2.45, 2.75) is 12.6 Å². The fourth-order valence-corrected chi connectivity index (χ4v) is 3.01. The number of halogens is 1. The summed E-state index contributed by atoms with van der Waals surface area (Å²) in [7, 11) is 0. The van der Waals surface area contributed by atoms with Crippen LogP contribution < -0.4 is 10.3 Å². The lowest BCUT2D eigenvalue weighted by Crippen LogP contribution is -2.30. The summed E-state index contributed by atoms with van der Waals surface area (Å²) < 4.78 is 7.87. The minimum atomic E-state index is -0.792. The van der Waals surface area contributed by atoms with Crippen molar-refractivity contribution in [1.82, 2.24) is 9.55 Å². The van der Waals surface area contributed by atoms with Gasteiger partial charge < -0.3 is 9.84 Å². The number of thiophene rings is 1. The third-order valence-corrected chi connectivity index (χ3v) is 4.46. The zero-order valence-electron chi connectivity index (χ0n) is 11.5. The Morgan fingerprint density at radius 1 is 1.32 bits per heavy atom. The van der Waals surface area contributed by atoms with E-state index in [1.54, 1.807) is 6.07 Å². The molecule has 5 nitrogen and oxygen atoms in total. The van der Waals surface area contributed by atoms with E-state index < -0.39 is 6.10 Å². The van der Waals surface area contributed by atoms with E-state index >= 15 is 0 Å². The number of fused-ring (bicyclic) bond motifs is 1. The van der Waals surface area contributed by atoms with Crippen LogP contribution in [0, 0.1) is 0 Å². The number of hydrogen-bond acceptors (Lipinski definition) is 5. The fourth-order valence-electron chi connectivity index (χ4n) is 2.03. The Kier molecular flexibility index (Phi) is 4.56. The van der Waals surface area contributed by atoms with E-state index in [0.29, 0.717) is 16.0 Å². The average molecular weight is 381 g/mol. The van der Waals surface area contributed by atoms with Crippen molar-refractivity contribution in [2.24, 2.45) is 0 Å². The Hall–Kier alpha value is -1.70. The van der Waals surface area contributed by atoms with Gasteiger partial charge in [0.2, 0.25) is 0 Å². The van der Waals surface area contributed by atoms with Crippen LogP contribution in [0.5, 0.6) is 5.75 Å². The van der Waals surface area contributed by atoms with Crippen LogP contribution in [0.25, 0.3) is 10.2 Å². The molecule has 0 aliphatic heterocycles. The van der Waals surface area contributed by atoms with E-state index in [0.717, 1.165) is 4.47 Å². The smallest absolute Gasteiger partial charge is 0.262 e. The van der Waals surface area contributed by atoms with Gasteiger partial charge in [-0.15, -0.1) is 11.3 Å². The Morgan fingerprint density at radius 2 is 2.09 bits per heavy atom. The molecular weight excluding hydrogens is 368 g/mol. The summed E-state index contributed by atoms with van der Waals surface area (Å²) in [5, 5.41) is 12.5. The van der Waals surface area contributed by atoms with Gasteiger partial charge >= 0.3 is 0 Å². The van der Waals surface area contributed by atoms with Crippen molar-refractivity contribution in [3.8, 4) is 5.75 Å². The van der Waals surface area contributed by atoms with Gasteiger partial charge in [-0.05, 0) is 35.7 Å². The number of ether oxygens (including phenoxy) is 1. The van der Waals surface area contributed by atoms with Gasteiger partial charge in [0, 0.05) is 4.47 Å². The topological polar surface area (TPSA) is 64.4 Å². The monoisotopic (exact) mass is 380 g/mol. The lowest BCUT2D eigenvalue weighted by molar-refractivity contribution is 0.0915. The van der Waals surface area contributed by atoms with E-state index in [-0.39, 0.29) is 18.7 Å². The second-order valence-corrected chi connectivity index (χ2v) is 6.57. The molecule has 1 atom stereocenters. The molecule has 0 aliphatic rings. The van der Waals surface area contributed by atoms with Gasteiger partial charge in [-0.1, -0.05) is 15.9 Å². The van der Waals surface area contributed by atoms with Crippen LogP contribution in [0.2, 0.25) is 0 Å². The highest BCUT2D eigenvalue weighted by atomic mass is 79.9. The number of nitrogens with zero attached hydrogens (tertiary/aromatic N) is 2. The van der Waals surface area contributed by atoms with Crippen LogP contribution in [0.4, 0.5) is 0 Å². The van der Waals surface area contributed by atoms with Gasteiger partial charge in [0.15, 0.2) is 0 Å². The molecule has 3 rings (SSSR count). The lowest BCUT2D eigenvalue weighted by Gasteiger charge is -2.13. The van der Waals surface area contributed by atoms with Gasteiger partial charge in [0.1, 0.15) is 23.3 Å². The first kappa shape index (κ1) is 15.2. The highest BCUT2D eigenvalue weighted by Gasteiger charge is 2.10. The standard InChI is InChI=1S/C15H13BrN2O3S/c16-10-1-3-12(4-2-10)21-8-11(19)7-18-9-17-14-13(15(18)20)5-6-22-14/h1-6,9,11,19H,7-8H2/t11-/m0/s1. The highest BCUT2D eigenvalue weighted by molar-refractivity contribution is 9.10. The molecule has 7 heteroatoms. The summed E-state index contributed by atoms with van der Waals surface area (Å²) in [4.78, 5) is 17.1. The zero-order valence-corrected chi connectivity index (χ0v) is 13.9. The summed E-state index contributed by atoms with van der Waals surface area (Å²) in [5.74, 6) is 0.668. The third kappa shape index (κ3) is 3.37. The first-order valence-electron chi connectivity index (χ1n) is 6.62. The van der Waals surface area contributed by atoms with Gasteiger partial charge in [-0.25, -0.2) is 4.98 Å². The molecule has 0 radical (unpaired) electrons. The Balaban J connectivity index is 1.65. The minimum absolute atomic E-state index is 0.107. The summed E-state index contributed by atoms with van der Waals surface area (Å²) in [6.45, 7) is 0.254. The van der Waals surface area contributed by atoms with E-state index in [4.69, 9.17) is 4.74 Å². The van der Waals surface area contributed by atoms with E-state index in [1.807, 2.05) is 29.6 Å². The normalized spacial score (nSPS) is 12.5. The highest BCUT2D eigenvalue weighted by Crippen LogP contribution is 2.16. The molecule has 2 heterocycles. The van der Waals surface area contributed by atoms with Gasteiger partial charge in [0.05, 0.1) is 18.3 Å². The molecule has 0 spiro atoms. The number of aliphatic hydroxyl groups is 1. The lowest BCUT2D eigenvalue weighted by atomic mass is 10.3. The van der Waals surface area contributed by atoms with Gasteiger partial charge in [0.25, 0.3) is 5.56 Å². The molecule has 0 saturated heterocycles. The molecule has 0 saturated carbocycles. The summed E-state index contributed by atoms with van der Waals surface area (Å²) in [5.41, 5.74) is -0.144.